The molecule has 0 aromatic heterocycles. The lowest BCUT2D eigenvalue weighted by molar-refractivity contribution is 0.0887. The normalized spacial score (nSPS) is 12.2. The van der Waals surface area contributed by atoms with Crippen LogP contribution in [0.15, 0.2) is 0 Å². The number of thiocarbonyl (C=S) groups is 1. The van der Waals surface area contributed by atoms with E-state index in [1.54, 1.807) is 0 Å². The van der Waals surface area contributed by atoms with Crippen molar-refractivity contribution >= 4 is 64.1 Å². The van der Waals surface area contributed by atoms with E-state index in [2.05, 4.69) is 25.3 Å². The Bertz CT molecular complexity index is 218. The van der Waals surface area contributed by atoms with Gasteiger partial charge in [0.05, 0.1) is 18.0 Å². The molecule has 0 aliphatic heterocycles. The molecule has 0 atom stereocenters. The van der Waals surface area contributed by atoms with Crippen molar-refractivity contribution in [2.45, 2.75) is 43.5 Å². The Morgan fingerprint density at radius 2 is 1.81 bits per heavy atom. The SMILES string of the molecule is CC(C)OC(=S)CSSC(S)(S)OC(C)C. The number of thiol groups is 2. The number of rotatable bonds is 7. The minimum Gasteiger partial charge on any atom is -0.484 e. The summed E-state index contributed by atoms with van der Waals surface area (Å²) in [6.07, 6.45) is 0.212. The smallest absolute Gasteiger partial charge is 0.213 e. The van der Waals surface area contributed by atoms with Gasteiger partial charge in [0.2, 0.25) is 3.60 Å². The Hall–Kier alpha value is 1.25. The molecule has 0 saturated carbocycles. The lowest BCUT2D eigenvalue weighted by Gasteiger charge is -2.24. The predicted molar refractivity (Wildman–Crippen MR) is 85.8 cm³/mol. The largest absolute Gasteiger partial charge is 0.484 e. The molecule has 0 saturated heterocycles. The summed E-state index contributed by atoms with van der Waals surface area (Å²) in [5, 5.41) is 0.592. The fourth-order valence-electron chi connectivity index (χ4n) is 0.778. The van der Waals surface area contributed by atoms with Crippen molar-refractivity contribution in [1.29, 1.82) is 0 Å². The van der Waals surface area contributed by atoms with Crippen LogP contribution in [-0.4, -0.2) is 26.6 Å². The summed E-state index contributed by atoms with van der Waals surface area (Å²) < 4.78 is 10.0. The van der Waals surface area contributed by atoms with Gasteiger partial charge in [-0.25, -0.2) is 0 Å². The molecule has 0 rings (SSSR count). The highest BCUT2D eigenvalue weighted by Crippen LogP contribution is 2.43. The van der Waals surface area contributed by atoms with Gasteiger partial charge >= 0.3 is 0 Å². The highest BCUT2D eigenvalue weighted by molar-refractivity contribution is 8.80. The third kappa shape index (κ3) is 10.4. The molecule has 0 unspecified atom stereocenters. The number of ether oxygens (including phenoxy) is 2. The molecule has 0 bridgehead atoms. The highest BCUT2D eigenvalue weighted by atomic mass is 33.1. The molecule has 0 heterocycles. The zero-order chi connectivity index (χ0) is 12.8. The van der Waals surface area contributed by atoms with E-state index in [1.165, 1.54) is 21.6 Å². The van der Waals surface area contributed by atoms with E-state index in [4.69, 9.17) is 21.7 Å². The first kappa shape index (κ1) is 17.2. The summed E-state index contributed by atoms with van der Waals surface area (Å²) in [5.74, 6) is 0.627. The van der Waals surface area contributed by atoms with Gasteiger partial charge in [-0.1, -0.05) is 10.8 Å². The van der Waals surface area contributed by atoms with Crippen LogP contribution in [0.25, 0.3) is 0 Å². The fourth-order valence-corrected chi connectivity index (χ4v) is 4.43. The fraction of sp³-hybridized carbons (Fsp3) is 0.889. The second-order valence-electron chi connectivity index (χ2n) is 3.60. The van der Waals surface area contributed by atoms with Crippen molar-refractivity contribution in [2.24, 2.45) is 0 Å². The molecular weight excluding hydrogens is 300 g/mol. The molecule has 7 heteroatoms. The Balaban J connectivity index is 3.76. The first-order valence-electron chi connectivity index (χ1n) is 4.85. The van der Waals surface area contributed by atoms with Crippen LogP contribution in [0.4, 0.5) is 0 Å². The van der Waals surface area contributed by atoms with Gasteiger partial charge in [-0.15, -0.1) is 25.3 Å². The van der Waals surface area contributed by atoms with E-state index >= 15 is 0 Å². The molecule has 2 nitrogen and oxygen atoms in total. The van der Waals surface area contributed by atoms with E-state index in [1.807, 2.05) is 27.7 Å². The summed E-state index contributed by atoms with van der Waals surface area (Å²) in [7, 11) is 2.94. The number of hydrogen-bond donors (Lipinski definition) is 2. The molecule has 0 amide bonds. The van der Waals surface area contributed by atoms with Gasteiger partial charge < -0.3 is 9.47 Å². The molecule has 0 aliphatic carbocycles. The average molecular weight is 319 g/mol. The topological polar surface area (TPSA) is 18.5 Å². The minimum atomic E-state index is -0.799. The first-order chi connectivity index (χ1) is 7.23. The van der Waals surface area contributed by atoms with Gasteiger partial charge in [0.25, 0.3) is 0 Å². The zero-order valence-electron chi connectivity index (χ0n) is 9.80. The van der Waals surface area contributed by atoms with Gasteiger partial charge in [-0.2, -0.15) is 0 Å². The van der Waals surface area contributed by atoms with E-state index in [0.29, 0.717) is 10.8 Å². The zero-order valence-corrected chi connectivity index (χ0v) is 14.0. The molecule has 0 fully saturated rings. The summed E-state index contributed by atoms with van der Waals surface area (Å²) in [6, 6.07) is 0. The van der Waals surface area contributed by atoms with Gasteiger partial charge in [0.1, 0.15) is 0 Å². The third-order valence-electron chi connectivity index (χ3n) is 1.10. The van der Waals surface area contributed by atoms with Crippen LogP contribution in [0.3, 0.4) is 0 Å². The Labute approximate surface area is 122 Å². The molecule has 0 N–H and O–H groups in total. The molecule has 16 heavy (non-hydrogen) atoms. The molecule has 0 spiro atoms. The van der Waals surface area contributed by atoms with Crippen LogP contribution >= 0.6 is 59.1 Å². The van der Waals surface area contributed by atoms with Gasteiger partial charge in [0.15, 0.2) is 5.05 Å². The van der Waals surface area contributed by atoms with Crippen molar-refractivity contribution in [3.05, 3.63) is 0 Å². The average Bonchev–Trinajstić information content (AvgIpc) is 1.98. The lowest BCUT2D eigenvalue weighted by Crippen LogP contribution is -2.18. The second-order valence-corrected chi connectivity index (χ2v) is 8.75. The predicted octanol–water partition coefficient (Wildman–Crippen LogP) is 4.02. The molecule has 0 radical (unpaired) electrons. The van der Waals surface area contributed by atoms with Gasteiger partial charge in [-0.3, -0.25) is 0 Å². The van der Waals surface area contributed by atoms with Crippen LogP contribution in [0.1, 0.15) is 27.7 Å². The quantitative estimate of drug-likeness (QED) is 0.319. The second kappa shape index (κ2) is 8.37. The van der Waals surface area contributed by atoms with Gasteiger partial charge in [0, 0.05) is 0 Å². The molecule has 0 aromatic rings. The first-order valence-corrected chi connectivity index (χ1v) is 8.48. The van der Waals surface area contributed by atoms with Crippen LogP contribution in [0.5, 0.6) is 0 Å². The Morgan fingerprint density at radius 3 is 2.25 bits per heavy atom. The van der Waals surface area contributed by atoms with E-state index in [9.17, 15) is 0 Å². The molecule has 0 aromatic carbocycles. The Kier molecular flexibility index (Phi) is 9.02. The summed E-state index contributed by atoms with van der Waals surface area (Å²) in [5.41, 5.74) is 0. The van der Waals surface area contributed by atoms with E-state index in [0.717, 1.165) is 0 Å². The van der Waals surface area contributed by atoms with Crippen molar-refractivity contribution in [3.63, 3.8) is 0 Å². The summed E-state index contributed by atoms with van der Waals surface area (Å²) in [6.45, 7) is 7.79. The maximum Gasteiger partial charge on any atom is 0.213 e. The van der Waals surface area contributed by atoms with Crippen LogP contribution in [-0.2, 0) is 9.47 Å². The minimum absolute atomic E-state index is 0.0852. The molecule has 96 valence electrons. The van der Waals surface area contributed by atoms with Crippen molar-refractivity contribution in [2.75, 3.05) is 5.75 Å². The van der Waals surface area contributed by atoms with Gasteiger partial charge in [-0.05, 0) is 50.7 Å². The number of hydrogen-bond acceptors (Lipinski definition) is 7. The Morgan fingerprint density at radius 1 is 1.25 bits per heavy atom. The maximum absolute atomic E-state index is 5.49. The highest BCUT2D eigenvalue weighted by Gasteiger charge is 2.24. The summed E-state index contributed by atoms with van der Waals surface area (Å²) >= 11 is 13.7. The van der Waals surface area contributed by atoms with Crippen LogP contribution in [0, 0.1) is 0 Å². The van der Waals surface area contributed by atoms with E-state index < -0.39 is 3.60 Å². The van der Waals surface area contributed by atoms with Crippen LogP contribution < -0.4 is 0 Å². The van der Waals surface area contributed by atoms with Crippen molar-refractivity contribution in [1.82, 2.24) is 0 Å². The standard InChI is InChI=1S/C9H18O2S5/c1-6(2)10-8(12)5-15-16-9(13,14)11-7(3)4/h6-7,13-14H,5H2,1-4H3. The van der Waals surface area contributed by atoms with Crippen molar-refractivity contribution < 1.29 is 9.47 Å². The van der Waals surface area contributed by atoms with Crippen molar-refractivity contribution in [3.8, 4) is 0 Å². The monoisotopic (exact) mass is 318 g/mol. The molecule has 0 aliphatic rings. The van der Waals surface area contributed by atoms with E-state index in [-0.39, 0.29) is 12.2 Å². The lowest BCUT2D eigenvalue weighted by atomic mass is 10.5. The van der Waals surface area contributed by atoms with Crippen LogP contribution in [0.2, 0.25) is 0 Å². The third-order valence-corrected chi connectivity index (χ3v) is 5.25. The molecular formula is C9H18O2S5. The maximum atomic E-state index is 5.49. The summed E-state index contributed by atoms with van der Waals surface area (Å²) in [4.78, 5) is 0.